The first kappa shape index (κ1) is 16.4. The predicted octanol–water partition coefficient (Wildman–Crippen LogP) is 4.44. The van der Waals surface area contributed by atoms with Crippen LogP contribution in [0.5, 0.6) is 0 Å². The molecular formula is C15H21F2NO2. The van der Waals surface area contributed by atoms with Crippen LogP contribution in [0, 0.1) is 11.6 Å². The van der Waals surface area contributed by atoms with Crippen molar-refractivity contribution in [2.24, 2.45) is 0 Å². The molecule has 0 aliphatic rings. The van der Waals surface area contributed by atoms with Gasteiger partial charge in [0.2, 0.25) is 0 Å². The van der Waals surface area contributed by atoms with Gasteiger partial charge in [-0.3, -0.25) is 0 Å². The molecule has 0 saturated carbocycles. The van der Waals surface area contributed by atoms with Gasteiger partial charge in [-0.1, -0.05) is 39.0 Å². The molecule has 0 bridgehead atoms. The molecule has 3 nitrogen and oxygen atoms in total. The van der Waals surface area contributed by atoms with E-state index < -0.39 is 17.6 Å². The summed E-state index contributed by atoms with van der Waals surface area (Å²) in [5.41, 5.74) is -0.631. The molecular weight excluding hydrogens is 264 g/mol. The molecule has 2 N–H and O–H groups in total. The molecule has 1 aromatic rings. The van der Waals surface area contributed by atoms with Crippen LogP contribution in [0.2, 0.25) is 0 Å². The van der Waals surface area contributed by atoms with E-state index in [4.69, 9.17) is 5.11 Å². The minimum absolute atomic E-state index is 0.247. The Morgan fingerprint density at radius 1 is 1.10 bits per heavy atom. The van der Waals surface area contributed by atoms with Gasteiger partial charge in [0.15, 0.2) is 0 Å². The van der Waals surface area contributed by atoms with Gasteiger partial charge in [0, 0.05) is 6.54 Å². The second-order valence-corrected chi connectivity index (χ2v) is 4.81. The Labute approximate surface area is 118 Å². The second-order valence-electron chi connectivity index (χ2n) is 4.81. The lowest BCUT2D eigenvalue weighted by atomic mass is 10.1. The van der Waals surface area contributed by atoms with Crippen molar-refractivity contribution in [3.05, 3.63) is 29.3 Å². The van der Waals surface area contributed by atoms with E-state index in [2.05, 4.69) is 12.2 Å². The van der Waals surface area contributed by atoms with Gasteiger partial charge in [-0.15, -0.1) is 0 Å². The third kappa shape index (κ3) is 5.15. The Bertz CT molecular complexity index is 426. The van der Waals surface area contributed by atoms with Crippen molar-refractivity contribution in [1.82, 2.24) is 0 Å². The molecule has 0 heterocycles. The molecule has 5 heteroatoms. The Morgan fingerprint density at radius 2 is 1.65 bits per heavy atom. The number of aromatic carboxylic acids is 1. The van der Waals surface area contributed by atoms with Gasteiger partial charge in [0.05, 0.1) is 5.56 Å². The highest BCUT2D eigenvalue weighted by molar-refractivity contribution is 5.88. The molecule has 20 heavy (non-hydrogen) atoms. The summed E-state index contributed by atoms with van der Waals surface area (Å²) in [7, 11) is 0. The van der Waals surface area contributed by atoms with Crippen molar-refractivity contribution in [2.75, 3.05) is 11.9 Å². The van der Waals surface area contributed by atoms with Crippen molar-refractivity contribution < 1.29 is 18.7 Å². The van der Waals surface area contributed by atoms with Crippen molar-refractivity contribution in [2.45, 2.75) is 45.4 Å². The van der Waals surface area contributed by atoms with Crippen LogP contribution < -0.4 is 5.32 Å². The molecule has 0 atom stereocenters. The first-order valence-electron chi connectivity index (χ1n) is 7.02. The fourth-order valence-corrected chi connectivity index (χ4v) is 1.98. The molecule has 1 aromatic carbocycles. The quantitative estimate of drug-likeness (QED) is 0.660. The van der Waals surface area contributed by atoms with Crippen molar-refractivity contribution in [3.8, 4) is 0 Å². The number of hydrogen-bond donors (Lipinski definition) is 2. The summed E-state index contributed by atoms with van der Waals surface area (Å²) < 4.78 is 27.2. The molecule has 0 fully saturated rings. The summed E-state index contributed by atoms with van der Waals surface area (Å²) in [4.78, 5) is 10.6. The minimum atomic E-state index is -1.34. The number of unbranched alkanes of at least 4 members (excludes halogenated alkanes) is 5. The third-order valence-corrected chi connectivity index (χ3v) is 3.12. The van der Waals surface area contributed by atoms with Crippen molar-refractivity contribution in [1.29, 1.82) is 0 Å². The van der Waals surface area contributed by atoms with Crippen LogP contribution in [-0.4, -0.2) is 17.6 Å². The lowest BCUT2D eigenvalue weighted by molar-refractivity contribution is 0.0696. The lowest BCUT2D eigenvalue weighted by Gasteiger charge is -2.09. The molecule has 0 unspecified atom stereocenters. The summed E-state index contributed by atoms with van der Waals surface area (Å²) in [6.07, 6.45) is 6.57. The fourth-order valence-electron chi connectivity index (χ4n) is 1.98. The Hall–Kier alpha value is -1.65. The number of halogens is 2. The van der Waals surface area contributed by atoms with Crippen LogP contribution in [0.25, 0.3) is 0 Å². The number of carbonyl (C=O) groups is 1. The standard InChI is InChI=1S/C15H21F2NO2/c1-2-3-4-5-6-7-8-18-14-12(16)9-11(15(19)20)10-13(14)17/h9-10,18H,2-8H2,1H3,(H,19,20). The van der Waals surface area contributed by atoms with Crippen molar-refractivity contribution >= 4 is 11.7 Å². The summed E-state index contributed by atoms with van der Waals surface area (Å²) in [5.74, 6) is -3.08. The largest absolute Gasteiger partial charge is 0.478 e. The zero-order valence-electron chi connectivity index (χ0n) is 11.7. The molecule has 0 spiro atoms. The van der Waals surface area contributed by atoms with Crippen LogP contribution in [0.1, 0.15) is 55.8 Å². The monoisotopic (exact) mass is 285 g/mol. The maximum atomic E-state index is 13.6. The van der Waals surface area contributed by atoms with E-state index in [1.165, 1.54) is 19.3 Å². The maximum absolute atomic E-state index is 13.6. The average molecular weight is 285 g/mol. The number of rotatable bonds is 9. The van der Waals surface area contributed by atoms with Gasteiger partial charge in [-0.2, -0.15) is 0 Å². The van der Waals surface area contributed by atoms with E-state index in [0.717, 1.165) is 31.4 Å². The smallest absolute Gasteiger partial charge is 0.335 e. The first-order chi connectivity index (χ1) is 9.56. The van der Waals surface area contributed by atoms with Crippen LogP contribution in [-0.2, 0) is 0 Å². The maximum Gasteiger partial charge on any atom is 0.335 e. The number of hydrogen-bond acceptors (Lipinski definition) is 2. The first-order valence-corrected chi connectivity index (χ1v) is 7.02. The second kappa shape index (κ2) is 8.51. The molecule has 1 rings (SSSR count). The molecule has 112 valence electrons. The van der Waals surface area contributed by atoms with E-state index in [1.54, 1.807) is 0 Å². The summed E-state index contributed by atoms with van der Waals surface area (Å²) in [6, 6.07) is 1.66. The summed E-state index contributed by atoms with van der Waals surface area (Å²) in [5, 5.41) is 11.4. The van der Waals surface area contributed by atoms with E-state index in [1.807, 2.05) is 0 Å². The van der Waals surface area contributed by atoms with Gasteiger partial charge >= 0.3 is 5.97 Å². The molecule has 0 radical (unpaired) electrons. The number of carboxylic acids is 1. The fraction of sp³-hybridized carbons (Fsp3) is 0.533. The van der Waals surface area contributed by atoms with E-state index in [0.29, 0.717) is 6.54 Å². The van der Waals surface area contributed by atoms with Gasteiger partial charge < -0.3 is 10.4 Å². The summed E-state index contributed by atoms with van der Waals surface area (Å²) >= 11 is 0. The Balaban J connectivity index is 2.42. The molecule has 0 aliphatic heterocycles. The highest BCUT2D eigenvalue weighted by Gasteiger charge is 2.14. The van der Waals surface area contributed by atoms with Crippen LogP contribution >= 0.6 is 0 Å². The van der Waals surface area contributed by atoms with Crippen LogP contribution in [0.15, 0.2) is 12.1 Å². The van der Waals surface area contributed by atoms with E-state index in [-0.39, 0.29) is 11.3 Å². The Morgan fingerprint density at radius 3 is 2.20 bits per heavy atom. The van der Waals surface area contributed by atoms with Crippen molar-refractivity contribution in [3.63, 3.8) is 0 Å². The van der Waals surface area contributed by atoms with Gasteiger partial charge in [0.1, 0.15) is 17.3 Å². The van der Waals surface area contributed by atoms with Gasteiger partial charge in [0.25, 0.3) is 0 Å². The predicted molar refractivity (Wildman–Crippen MR) is 75.2 cm³/mol. The molecule has 0 aromatic heterocycles. The number of nitrogens with one attached hydrogen (secondary N) is 1. The highest BCUT2D eigenvalue weighted by atomic mass is 19.1. The topological polar surface area (TPSA) is 49.3 Å². The number of anilines is 1. The van der Waals surface area contributed by atoms with Gasteiger partial charge in [-0.25, -0.2) is 13.6 Å². The highest BCUT2D eigenvalue weighted by Crippen LogP contribution is 2.21. The van der Waals surface area contributed by atoms with Crippen LogP contribution in [0.4, 0.5) is 14.5 Å². The number of benzene rings is 1. The molecule has 0 aliphatic carbocycles. The van der Waals surface area contributed by atoms with E-state index in [9.17, 15) is 13.6 Å². The average Bonchev–Trinajstić information content (AvgIpc) is 2.40. The zero-order chi connectivity index (χ0) is 15.0. The summed E-state index contributed by atoms with van der Waals surface area (Å²) in [6.45, 7) is 2.63. The normalized spacial score (nSPS) is 10.6. The molecule has 0 amide bonds. The Kier molecular flexibility index (Phi) is 6.98. The van der Waals surface area contributed by atoms with Crippen LogP contribution in [0.3, 0.4) is 0 Å². The lowest BCUT2D eigenvalue weighted by Crippen LogP contribution is -2.08. The zero-order valence-corrected chi connectivity index (χ0v) is 11.7. The molecule has 0 saturated heterocycles. The van der Waals surface area contributed by atoms with Gasteiger partial charge in [-0.05, 0) is 18.6 Å². The minimum Gasteiger partial charge on any atom is -0.478 e. The third-order valence-electron chi connectivity index (χ3n) is 3.12. The SMILES string of the molecule is CCCCCCCCNc1c(F)cc(C(=O)O)cc1F. The van der Waals surface area contributed by atoms with E-state index >= 15 is 0 Å². The number of carboxylic acid groups (broad SMARTS) is 1.